The Hall–Kier alpha value is -6.24. The molecule has 0 aromatic heterocycles. The van der Waals surface area contributed by atoms with Crippen molar-refractivity contribution in [2.75, 3.05) is 7.11 Å². The maximum atomic E-state index is 11.9. The highest BCUT2D eigenvalue weighted by Gasteiger charge is 2.33. The lowest BCUT2D eigenvalue weighted by Gasteiger charge is -2.32. The van der Waals surface area contributed by atoms with Gasteiger partial charge in [0, 0.05) is 34.9 Å². The number of benzene rings is 6. The van der Waals surface area contributed by atoms with Crippen molar-refractivity contribution in [3.8, 4) is 50.3 Å². The Morgan fingerprint density at radius 2 is 0.964 bits per heavy atom. The molecule has 0 saturated carbocycles. The van der Waals surface area contributed by atoms with E-state index in [1.807, 2.05) is 78.9 Å². The van der Waals surface area contributed by atoms with Crippen molar-refractivity contribution < 1.29 is 28.7 Å². The van der Waals surface area contributed by atoms with Crippen LogP contribution in [0.1, 0.15) is 86.2 Å². The van der Waals surface area contributed by atoms with E-state index in [-0.39, 0.29) is 6.10 Å². The van der Waals surface area contributed by atoms with Gasteiger partial charge in [0.15, 0.2) is 6.10 Å². The lowest BCUT2D eigenvalue weighted by Crippen LogP contribution is -2.27. The van der Waals surface area contributed by atoms with E-state index in [9.17, 15) is 19.2 Å². The number of ether oxygens (including phenoxy) is 2. The van der Waals surface area contributed by atoms with Crippen LogP contribution in [0.4, 0.5) is 0 Å². The predicted molar refractivity (Wildman–Crippen MR) is 219 cm³/mol. The Labute approximate surface area is 322 Å². The highest BCUT2D eigenvalue weighted by Crippen LogP contribution is 2.50. The van der Waals surface area contributed by atoms with Crippen LogP contribution in [0.5, 0.6) is 5.75 Å². The van der Waals surface area contributed by atoms with Gasteiger partial charge in [-0.05, 0) is 81.5 Å². The van der Waals surface area contributed by atoms with Crippen LogP contribution >= 0.6 is 0 Å². The topological polar surface area (TPSA) is 86.7 Å². The van der Waals surface area contributed by atoms with E-state index in [2.05, 4.69) is 19.9 Å². The summed E-state index contributed by atoms with van der Waals surface area (Å²) >= 11 is 0. The Bertz CT molecular complexity index is 2220. The summed E-state index contributed by atoms with van der Waals surface area (Å²) in [6.07, 6.45) is 5.01. The zero-order valence-electron chi connectivity index (χ0n) is 31.3. The molecule has 0 saturated heterocycles. The van der Waals surface area contributed by atoms with Gasteiger partial charge >= 0.3 is 0 Å². The first-order valence-corrected chi connectivity index (χ1v) is 18.6. The second-order valence-electron chi connectivity index (χ2n) is 13.8. The fraction of sp³-hybridized carbons (Fsp3) is 0.184. The highest BCUT2D eigenvalue weighted by atomic mass is 16.5. The van der Waals surface area contributed by atoms with Crippen LogP contribution in [-0.4, -0.2) is 38.4 Å². The molecule has 0 radical (unpaired) electrons. The Balaban J connectivity index is 1.80. The fourth-order valence-corrected chi connectivity index (χ4v) is 7.01. The lowest BCUT2D eigenvalue weighted by molar-refractivity contribution is -0.00712. The second kappa shape index (κ2) is 18.2. The van der Waals surface area contributed by atoms with Crippen molar-refractivity contribution >= 4 is 25.1 Å². The van der Waals surface area contributed by atoms with E-state index in [1.54, 1.807) is 55.6 Å². The van der Waals surface area contributed by atoms with Crippen LogP contribution in [0, 0.1) is 5.92 Å². The summed E-state index contributed by atoms with van der Waals surface area (Å²) in [5.74, 6) is 1.16. The molecular formula is C49H44O6. The highest BCUT2D eigenvalue weighted by molar-refractivity contribution is 6.04. The first-order valence-electron chi connectivity index (χ1n) is 18.6. The smallest absolute Gasteiger partial charge is 0.150 e. The quantitative estimate of drug-likeness (QED) is 0.0869. The average molecular weight is 729 g/mol. The third-order valence-corrected chi connectivity index (χ3v) is 10.3. The number of rotatable bonds is 17. The fourth-order valence-electron chi connectivity index (χ4n) is 7.01. The minimum absolute atomic E-state index is 0.365. The van der Waals surface area contributed by atoms with Crippen LogP contribution in [0.25, 0.3) is 44.5 Å². The van der Waals surface area contributed by atoms with E-state index in [0.717, 1.165) is 94.5 Å². The number of carbonyl (C=O) groups excluding carboxylic acids is 4. The molecule has 0 fully saturated rings. The van der Waals surface area contributed by atoms with E-state index in [1.165, 1.54) is 0 Å². The summed E-state index contributed by atoms with van der Waals surface area (Å²) in [5.41, 5.74) is 9.90. The molecule has 3 unspecified atom stereocenters. The monoisotopic (exact) mass is 728 g/mol. The minimum atomic E-state index is -0.607. The van der Waals surface area contributed by atoms with Crippen LogP contribution in [0.2, 0.25) is 0 Å². The minimum Gasteiger partial charge on any atom is -0.483 e. The third kappa shape index (κ3) is 8.77. The number of methoxy groups -OCH3 is 1. The van der Waals surface area contributed by atoms with Crippen LogP contribution in [0.3, 0.4) is 0 Å². The van der Waals surface area contributed by atoms with Gasteiger partial charge in [-0.15, -0.1) is 0 Å². The molecule has 0 aliphatic carbocycles. The Morgan fingerprint density at radius 1 is 0.527 bits per heavy atom. The Morgan fingerprint density at radius 3 is 1.40 bits per heavy atom. The molecule has 0 aliphatic heterocycles. The SMILES string of the molecule is CCC(C)CCC(OC)C(Oc1ccccc1)c1cc(-c2ccc(C=O)cc2)c(-c2ccc(C=O)cc2)c(-c2ccc(C=O)cc2)c1-c1ccc(C=O)cc1. The van der Waals surface area contributed by atoms with Gasteiger partial charge in [0.05, 0.1) is 6.10 Å². The molecule has 0 N–H and O–H groups in total. The second-order valence-corrected chi connectivity index (χ2v) is 13.8. The normalized spacial score (nSPS) is 12.6. The van der Waals surface area contributed by atoms with Gasteiger partial charge < -0.3 is 9.47 Å². The number of hydrogen-bond donors (Lipinski definition) is 0. The number of carbonyl (C=O) groups is 4. The van der Waals surface area contributed by atoms with E-state index < -0.39 is 6.10 Å². The van der Waals surface area contributed by atoms with Crippen LogP contribution in [-0.2, 0) is 4.74 Å². The summed E-state index contributed by atoms with van der Waals surface area (Å²) in [6, 6.07) is 41.8. The molecule has 0 spiro atoms. The van der Waals surface area contributed by atoms with Crippen molar-refractivity contribution in [3.05, 3.63) is 161 Å². The largest absolute Gasteiger partial charge is 0.483 e. The van der Waals surface area contributed by atoms with E-state index in [4.69, 9.17) is 9.47 Å². The molecule has 6 heteroatoms. The first-order chi connectivity index (χ1) is 26.9. The zero-order valence-corrected chi connectivity index (χ0v) is 31.3. The van der Waals surface area contributed by atoms with Crippen molar-refractivity contribution in [1.29, 1.82) is 0 Å². The third-order valence-electron chi connectivity index (χ3n) is 10.3. The first kappa shape index (κ1) is 38.5. The van der Waals surface area contributed by atoms with Gasteiger partial charge in [-0.25, -0.2) is 0 Å². The molecule has 276 valence electrons. The molecular weight excluding hydrogens is 685 g/mol. The van der Waals surface area contributed by atoms with Gasteiger partial charge in [0.2, 0.25) is 0 Å². The molecule has 6 nitrogen and oxygen atoms in total. The van der Waals surface area contributed by atoms with Crippen LogP contribution in [0.15, 0.2) is 133 Å². The molecule has 55 heavy (non-hydrogen) atoms. The summed E-state index contributed by atoms with van der Waals surface area (Å²) in [5, 5.41) is 0. The van der Waals surface area contributed by atoms with Gasteiger partial charge in [-0.2, -0.15) is 0 Å². The predicted octanol–water partition coefficient (Wildman–Crippen LogP) is 11.6. The molecule has 0 bridgehead atoms. The summed E-state index contributed by atoms with van der Waals surface area (Å²) in [6.45, 7) is 4.43. The summed E-state index contributed by atoms with van der Waals surface area (Å²) in [4.78, 5) is 47.4. The Kier molecular flexibility index (Phi) is 12.7. The van der Waals surface area contributed by atoms with Crippen molar-refractivity contribution in [2.45, 2.75) is 45.3 Å². The molecule has 6 rings (SSSR count). The molecule has 3 atom stereocenters. The molecule has 0 aliphatic rings. The number of para-hydroxylation sites is 1. The van der Waals surface area contributed by atoms with Crippen molar-refractivity contribution in [2.24, 2.45) is 5.92 Å². The maximum absolute atomic E-state index is 11.9. The number of aldehydes is 4. The molecule has 0 amide bonds. The van der Waals surface area contributed by atoms with Gasteiger partial charge in [-0.3, -0.25) is 19.2 Å². The van der Waals surface area contributed by atoms with Gasteiger partial charge in [-0.1, -0.05) is 136 Å². The maximum Gasteiger partial charge on any atom is 0.150 e. The van der Waals surface area contributed by atoms with Crippen molar-refractivity contribution in [1.82, 2.24) is 0 Å². The summed E-state index contributed by atoms with van der Waals surface area (Å²) in [7, 11) is 1.72. The zero-order chi connectivity index (χ0) is 38.7. The van der Waals surface area contributed by atoms with Gasteiger partial charge in [0.1, 0.15) is 30.9 Å². The van der Waals surface area contributed by atoms with Crippen LogP contribution < -0.4 is 4.74 Å². The standard InChI is InChI=1S/C49H44O6/c1-4-33(2)10-27-45(54-3)49(55-42-8-6-5-7-9-42)44-28-43(38-19-11-34(29-50)12-20-38)46(39-21-13-35(30-51)14-22-39)48(41-25-17-37(32-53)18-26-41)47(44)40-23-15-36(31-52)16-24-40/h5-9,11-26,28-33,45,49H,4,10,27H2,1-3H3. The summed E-state index contributed by atoms with van der Waals surface area (Å²) < 4.78 is 13.4. The molecule has 6 aromatic carbocycles. The van der Waals surface area contributed by atoms with E-state index >= 15 is 0 Å². The lowest BCUT2D eigenvalue weighted by atomic mass is 9.78. The van der Waals surface area contributed by atoms with Gasteiger partial charge in [0.25, 0.3) is 0 Å². The van der Waals surface area contributed by atoms with E-state index in [0.29, 0.717) is 33.9 Å². The van der Waals surface area contributed by atoms with Crippen molar-refractivity contribution in [3.63, 3.8) is 0 Å². The molecule has 6 aromatic rings. The molecule has 0 heterocycles. The average Bonchev–Trinajstić information content (AvgIpc) is 3.25. The number of hydrogen-bond acceptors (Lipinski definition) is 6.